The summed E-state index contributed by atoms with van der Waals surface area (Å²) in [5, 5.41) is 6.07. The molecule has 4 rings (SSSR count). The standard InChI is InChI=1S/C30H42Cl2N6O4S/c1-28(2,3)42-27(40)36-25-24(19-9-7-10-20(31)23(19)32)34-21(17-33-18-39)26(35-25)38-15-13-30(14-16-38)12-8-11-22(30)37-43(41)29(4,5)6/h7,9-10,18,22,37H,8,11-17H2,1-6H3,(H,33,39)(H,35,36,40)/t22-,43?/m1/s1. The highest BCUT2D eigenvalue weighted by Gasteiger charge is 2.48. The fraction of sp³-hybridized carbons (Fsp3) is 0.600. The maximum absolute atomic E-state index is 13.0. The average molecular weight is 654 g/mol. The van der Waals surface area contributed by atoms with Crippen molar-refractivity contribution < 1.29 is 18.9 Å². The van der Waals surface area contributed by atoms with Crippen LogP contribution in [0.1, 0.15) is 79.3 Å². The Morgan fingerprint density at radius 1 is 1.16 bits per heavy atom. The van der Waals surface area contributed by atoms with Crippen molar-refractivity contribution in [1.29, 1.82) is 0 Å². The first-order chi connectivity index (χ1) is 20.1. The Labute approximate surface area is 267 Å². The number of benzene rings is 1. The van der Waals surface area contributed by atoms with Gasteiger partial charge >= 0.3 is 6.09 Å². The molecule has 1 saturated carbocycles. The van der Waals surface area contributed by atoms with Gasteiger partial charge in [0.1, 0.15) is 21.7 Å². The Morgan fingerprint density at radius 3 is 2.49 bits per heavy atom. The highest BCUT2D eigenvalue weighted by Crippen LogP contribution is 2.48. The Balaban J connectivity index is 1.69. The number of ether oxygens (including phenoxy) is 1. The lowest BCUT2D eigenvalue weighted by Crippen LogP contribution is -2.53. The summed E-state index contributed by atoms with van der Waals surface area (Å²) in [6, 6.07) is 5.32. The predicted molar refractivity (Wildman–Crippen MR) is 173 cm³/mol. The Kier molecular flexibility index (Phi) is 10.4. The van der Waals surface area contributed by atoms with E-state index in [4.69, 9.17) is 37.9 Å². The topological polar surface area (TPSA) is 132 Å². The lowest BCUT2D eigenvalue weighted by molar-refractivity contribution is -0.109. The molecule has 3 N–H and O–H groups in total. The van der Waals surface area contributed by atoms with Crippen LogP contribution in [0.3, 0.4) is 0 Å². The van der Waals surface area contributed by atoms with Gasteiger partial charge in [0.2, 0.25) is 6.41 Å². The number of carbonyl (C=O) groups excluding carboxylic acids is 2. The molecule has 10 nitrogen and oxygen atoms in total. The van der Waals surface area contributed by atoms with Crippen LogP contribution in [-0.4, -0.2) is 56.5 Å². The van der Waals surface area contributed by atoms with Gasteiger partial charge in [-0.25, -0.2) is 14.8 Å². The quantitative estimate of drug-likeness (QED) is 0.226. The number of aromatic nitrogens is 2. The molecule has 0 radical (unpaired) electrons. The van der Waals surface area contributed by atoms with Gasteiger partial charge in [-0.2, -0.15) is 0 Å². The van der Waals surface area contributed by atoms with Crippen LogP contribution in [0.2, 0.25) is 10.0 Å². The van der Waals surface area contributed by atoms with E-state index in [1.807, 2.05) is 20.8 Å². The lowest BCUT2D eigenvalue weighted by atomic mass is 9.74. The number of rotatable bonds is 8. The summed E-state index contributed by atoms with van der Waals surface area (Å²) in [6.45, 7) is 12.8. The molecule has 236 valence electrons. The van der Waals surface area contributed by atoms with E-state index in [-0.39, 0.29) is 33.6 Å². The summed E-state index contributed by atoms with van der Waals surface area (Å²) in [6.07, 6.45) is 4.84. The molecule has 1 aromatic carbocycles. The largest absolute Gasteiger partial charge is 0.598 e. The van der Waals surface area contributed by atoms with E-state index in [9.17, 15) is 14.1 Å². The number of hydrogen-bond acceptors (Lipinski definition) is 8. The molecule has 2 heterocycles. The number of carbonyl (C=O) groups is 2. The van der Waals surface area contributed by atoms with Crippen LogP contribution in [0.4, 0.5) is 16.4 Å². The van der Waals surface area contributed by atoms with Gasteiger partial charge in [-0.05, 0) is 78.7 Å². The third-order valence-electron chi connectivity index (χ3n) is 7.90. The third kappa shape index (κ3) is 8.05. The molecule has 1 aliphatic carbocycles. The lowest BCUT2D eigenvalue weighted by Gasteiger charge is -2.44. The number of hydrogen-bond donors (Lipinski definition) is 3. The van der Waals surface area contributed by atoms with Crippen molar-refractivity contribution in [1.82, 2.24) is 20.0 Å². The van der Waals surface area contributed by atoms with Gasteiger partial charge in [-0.15, -0.1) is 4.72 Å². The van der Waals surface area contributed by atoms with Gasteiger partial charge in [0, 0.05) is 30.0 Å². The summed E-state index contributed by atoms with van der Waals surface area (Å²) in [5.41, 5.74) is 0.626. The monoisotopic (exact) mass is 652 g/mol. The van der Waals surface area contributed by atoms with Gasteiger partial charge in [-0.3, -0.25) is 10.1 Å². The second-order valence-electron chi connectivity index (χ2n) is 13.2. The average Bonchev–Trinajstić information content (AvgIpc) is 3.29. The molecule has 43 heavy (non-hydrogen) atoms. The van der Waals surface area contributed by atoms with E-state index < -0.39 is 23.1 Å². The summed E-state index contributed by atoms with van der Waals surface area (Å²) < 4.78 is 21.6. The molecule has 2 atom stereocenters. The van der Waals surface area contributed by atoms with Crippen molar-refractivity contribution in [2.75, 3.05) is 23.3 Å². The third-order valence-corrected chi connectivity index (χ3v) is 10.3. The zero-order chi connectivity index (χ0) is 31.6. The Morgan fingerprint density at radius 2 is 1.86 bits per heavy atom. The molecule has 2 aromatic rings. The molecule has 1 aromatic heterocycles. The van der Waals surface area contributed by atoms with E-state index in [0.29, 0.717) is 47.3 Å². The van der Waals surface area contributed by atoms with Crippen LogP contribution in [-0.2, 0) is 27.4 Å². The molecular weight excluding hydrogens is 611 g/mol. The van der Waals surface area contributed by atoms with Gasteiger partial charge in [0.15, 0.2) is 11.6 Å². The molecule has 2 aliphatic rings. The molecule has 1 spiro atoms. The smallest absolute Gasteiger partial charge is 0.413 e. The maximum atomic E-state index is 13.0. The Hall–Kier alpha value is -2.31. The number of halogens is 2. The van der Waals surface area contributed by atoms with Crippen LogP contribution in [0, 0.1) is 5.41 Å². The number of nitrogens with one attached hydrogen (secondary N) is 3. The van der Waals surface area contributed by atoms with Crippen LogP contribution in [0.25, 0.3) is 11.3 Å². The SMILES string of the molecule is CC(C)(C)OC(=O)Nc1nc(N2CCC3(CCC[C@H]3N[S+]([O-])C(C)(C)C)CC2)c(CNC=O)nc1-c1cccc(Cl)c1Cl. The molecule has 2 fully saturated rings. The second kappa shape index (κ2) is 13.4. The van der Waals surface area contributed by atoms with Crippen LogP contribution >= 0.6 is 23.2 Å². The first-order valence-electron chi connectivity index (χ1n) is 14.6. The zero-order valence-corrected chi connectivity index (χ0v) is 28.0. The molecule has 1 unspecified atom stereocenters. The van der Waals surface area contributed by atoms with Crippen molar-refractivity contribution in [3.05, 3.63) is 33.9 Å². The van der Waals surface area contributed by atoms with Crippen LogP contribution in [0.5, 0.6) is 0 Å². The summed E-state index contributed by atoms with van der Waals surface area (Å²) in [5.74, 6) is 0.725. The van der Waals surface area contributed by atoms with Crippen molar-refractivity contribution in [3.8, 4) is 11.3 Å². The van der Waals surface area contributed by atoms with E-state index >= 15 is 0 Å². The van der Waals surface area contributed by atoms with E-state index in [0.717, 1.165) is 32.1 Å². The minimum Gasteiger partial charge on any atom is -0.598 e. The molecule has 2 amide bonds. The van der Waals surface area contributed by atoms with Crippen LogP contribution in [0.15, 0.2) is 18.2 Å². The van der Waals surface area contributed by atoms with Crippen molar-refractivity contribution in [2.45, 2.75) is 96.6 Å². The highest BCUT2D eigenvalue weighted by atomic mass is 35.5. The van der Waals surface area contributed by atoms with E-state index in [1.54, 1.807) is 39.0 Å². The minimum atomic E-state index is -1.15. The van der Waals surface area contributed by atoms with Crippen molar-refractivity contribution in [2.24, 2.45) is 5.41 Å². The summed E-state index contributed by atoms with van der Waals surface area (Å²) in [7, 11) is 0. The van der Waals surface area contributed by atoms with Gasteiger partial charge in [0.05, 0.1) is 22.6 Å². The summed E-state index contributed by atoms with van der Waals surface area (Å²) in [4.78, 5) is 36.2. The Bertz CT molecular complexity index is 1320. The number of anilines is 2. The summed E-state index contributed by atoms with van der Waals surface area (Å²) >= 11 is 11.8. The number of nitrogens with zero attached hydrogens (tertiary/aromatic N) is 3. The van der Waals surface area contributed by atoms with Crippen molar-refractivity contribution in [3.63, 3.8) is 0 Å². The first-order valence-corrected chi connectivity index (χ1v) is 16.5. The molecule has 0 bridgehead atoms. The second-order valence-corrected chi connectivity index (χ2v) is 16.0. The normalized spacial score (nSPS) is 19.3. The van der Waals surface area contributed by atoms with Gasteiger partial charge in [0.25, 0.3) is 0 Å². The fourth-order valence-corrected chi connectivity index (χ4v) is 7.09. The molecule has 1 aliphatic heterocycles. The molecular formula is C30H42Cl2N6O4S. The van der Waals surface area contributed by atoms with Crippen LogP contribution < -0.4 is 20.3 Å². The van der Waals surface area contributed by atoms with Gasteiger partial charge < -0.3 is 19.5 Å². The number of amides is 2. The maximum Gasteiger partial charge on any atom is 0.413 e. The highest BCUT2D eigenvalue weighted by molar-refractivity contribution is 7.90. The van der Waals surface area contributed by atoms with E-state index in [2.05, 4.69) is 20.3 Å². The first kappa shape index (κ1) is 33.6. The molecule has 1 saturated heterocycles. The zero-order valence-electron chi connectivity index (χ0n) is 25.7. The van der Waals surface area contributed by atoms with Crippen molar-refractivity contribution >= 4 is 58.7 Å². The fourth-order valence-electron chi connectivity index (χ4n) is 5.72. The van der Waals surface area contributed by atoms with Gasteiger partial charge in [-0.1, -0.05) is 41.8 Å². The predicted octanol–water partition coefficient (Wildman–Crippen LogP) is 6.23. The van der Waals surface area contributed by atoms with E-state index in [1.165, 1.54) is 0 Å². The number of piperidine rings is 1. The molecule has 13 heteroatoms. The minimum absolute atomic E-state index is 0.0396.